The minimum atomic E-state index is -3.93. The molecule has 2 aromatic carbocycles. The summed E-state index contributed by atoms with van der Waals surface area (Å²) < 4.78 is 34.0. The molecule has 0 aliphatic heterocycles. The van der Waals surface area contributed by atoms with Crippen LogP contribution in [0.15, 0.2) is 55.4 Å². The number of fused-ring (bicyclic) bond motifs is 1. The third kappa shape index (κ3) is 3.04. The number of hydrogen-bond acceptors (Lipinski definition) is 5. The normalized spacial score (nSPS) is 11.8. The summed E-state index contributed by atoms with van der Waals surface area (Å²) >= 11 is 7.61. The van der Waals surface area contributed by atoms with Crippen molar-refractivity contribution in [3.8, 4) is 0 Å². The second kappa shape index (κ2) is 6.19. The SMILES string of the molecule is CSc1cccc(NS(=O)(=O)c2cc3oc(=O)n(C)c3cc2Cl)c1. The lowest BCUT2D eigenvalue weighted by molar-refractivity contribution is 0.527. The first kappa shape index (κ1) is 16.9. The van der Waals surface area contributed by atoms with Gasteiger partial charge >= 0.3 is 5.76 Å². The van der Waals surface area contributed by atoms with Crippen LogP contribution >= 0.6 is 23.4 Å². The number of hydrogen-bond donors (Lipinski definition) is 1. The van der Waals surface area contributed by atoms with Crippen LogP contribution in [0, 0.1) is 0 Å². The maximum absolute atomic E-state index is 12.6. The number of aryl methyl sites for hydroxylation is 1. The largest absolute Gasteiger partial charge is 0.419 e. The molecule has 0 atom stereocenters. The number of sulfonamides is 1. The third-order valence-corrected chi connectivity index (χ3v) is 6.03. The van der Waals surface area contributed by atoms with Crippen molar-refractivity contribution in [1.82, 2.24) is 4.57 Å². The highest BCUT2D eigenvalue weighted by molar-refractivity contribution is 7.98. The molecule has 0 bridgehead atoms. The van der Waals surface area contributed by atoms with Crippen LogP contribution in [-0.4, -0.2) is 19.2 Å². The van der Waals surface area contributed by atoms with E-state index in [4.69, 9.17) is 16.0 Å². The lowest BCUT2D eigenvalue weighted by Gasteiger charge is -2.10. The summed E-state index contributed by atoms with van der Waals surface area (Å²) in [6, 6.07) is 9.64. The van der Waals surface area contributed by atoms with E-state index in [1.165, 1.54) is 35.5 Å². The fraction of sp³-hybridized carbons (Fsp3) is 0.133. The highest BCUT2D eigenvalue weighted by atomic mass is 35.5. The number of benzene rings is 2. The summed E-state index contributed by atoms with van der Waals surface area (Å²) in [4.78, 5) is 12.3. The van der Waals surface area contributed by atoms with Crippen molar-refractivity contribution in [1.29, 1.82) is 0 Å². The van der Waals surface area contributed by atoms with Gasteiger partial charge in [-0.3, -0.25) is 9.29 Å². The molecule has 126 valence electrons. The molecule has 0 fully saturated rings. The Morgan fingerprint density at radius 3 is 2.71 bits per heavy atom. The number of oxazole rings is 1. The van der Waals surface area contributed by atoms with Gasteiger partial charge in [0.1, 0.15) is 4.90 Å². The Bertz CT molecular complexity index is 1090. The average Bonchev–Trinajstić information content (AvgIpc) is 2.81. The lowest BCUT2D eigenvalue weighted by atomic mass is 10.3. The minimum absolute atomic E-state index is 0.00687. The number of rotatable bonds is 4. The smallest absolute Gasteiger partial charge is 0.408 e. The first-order valence-electron chi connectivity index (χ1n) is 6.78. The van der Waals surface area contributed by atoms with Crippen LogP contribution in [0.3, 0.4) is 0 Å². The monoisotopic (exact) mass is 384 g/mol. The Hall–Kier alpha value is -1.90. The fourth-order valence-corrected chi connectivity index (χ4v) is 4.28. The predicted octanol–water partition coefficient (Wildman–Crippen LogP) is 3.31. The molecule has 0 unspecified atom stereocenters. The standard InChI is InChI=1S/C15H13ClN2O4S2/c1-18-12-7-11(16)14(8-13(12)22-15(18)19)24(20,21)17-9-4-3-5-10(6-9)23-2/h3-8,17H,1-2H3. The molecule has 0 aliphatic carbocycles. The summed E-state index contributed by atoms with van der Waals surface area (Å²) in [5.74, 6) is -0.587. The molecule has 6 nitrogen and oxygen atoms in total. The molecule has 24 heavy (non-hydrogen) atoms. The number of halogens is 1. The molecule has 0 saturated heterocycles. The molecule has 3 aromatic rings. The van der Waals surface area contributed by atoms with Crippen molar-refractivity contribution in [2.45, 2.75) is 9.79 Å². The summed E-state index contributed by atoms with van der Waals surface area (Å²) in [7, 11) is -2.41. The van der Waals surface area contributed by atoms with E-state index in [0.717, 1.165) is 4.90 Å². The summed E-state index contributed by atoms with van der Waals surface area (Å²) in [6.45, 7) is 0. The van der Waals surface area contributed by atoms with Gasteiger partial charge < -0.3 is 4.42 Å². The molecule has 3 rings (SSSR count). The van der Waals surface area contributed by atoms with Crippen LogP contribution in [-0.2, 0) is 17.1 Å². The van der Waals surface area contributed by atoms with Crippen LogP contribution in [0.4, 0.5) is 5.69 Å². The van der Waals surface area contributed by atoms with E-state index in [-0.39, 0.29) is 15.5 Å². The Kier molecular flexibility index (Phi) is 4.37. The number of aromatic nitrogens is 1. The lowest BCUT2D eigenvalue weighted by Crippen LogP contribution is -2.13. The van der Waals surface area contributed by atoms with Crippen molar-refractivity contribution in [2.24, 2.45) is 7.05 Å². The Morgan fingerprint density at radius 2 is 2.00 bits per heavy atom. The van der Waals surface area contributed by atoms with Crippen LogP contribution in [0.5, 0.6) is 0 Å². The van der Waals surface area contributed by atoms with Gasteiger partial charge in [0.2, 0.25) is 0 Å². The van der Waals surface area contributed by atoms with E-state index < -0.39 is 15.8 Å². The van der Waals surface area contributed by atoms with Crippen molar-refractivity contribution < 1.29 is 12.8 Å². The van der Waals surface area contributed by atoms with Gasteiger partial charge in [-0.25, -0.2) is 13.2 Å². The van der Waals surface area contributed by atoms with Crippen molar-refractivity contribution >= 4 is 50.2 Å². The molecule has 1 aromatic heterocycles. The first-order chi connectivity index (χ1) is 11.3. The van der Waals surface area contributed by atoms with E-state index in [2.05, 4.69) is 4.72 Å². The molecule has 0 radical (unpaired) electrons. The maximum atomic E-state index is 12.6. The van der Waals surface area contributed by atoms with Crippen molar-refractivity contribution in [3.63, 3.8) is 0 Å². The van der Waals surface area contributed by atoms with Gasteiger partial charge in [0.05, 0.1) is 10.5 Å². The molecule has 0 amide bonds. The molecule has 0 aliphatic rings. The molecule has 1 heterocycles. The minimum Gasteiger partial charge on any atom is -0.408 e. The number of thioether (sulfide) groups is 1. The van der Waals surface area contributed by atoms with Crippen molar-refractivity contribution in [3.05, 3.63) is 52.0 Å². The predicted molar refractivity (Wildman–Crippen MR) is 95.5 cm³/mol. The van der Waals surface area contributed by atoms with Gasteiger partial charge in [-0.05, 0) is 30.5 Å². The molecular weight excluding hydrogens is 372 g/mol. The number of anilines is 1. The quantitative estimate of drug-likeness (QED) is 0.698. The summed E-state index contributed by atoms with van der Waals surface area (Å²) in [5.41, 5.74) is 1.01. The Morgan fingerprint density at radius 1 is 1.25 bits per heavy atom. The topological polar surface area (TPSA) is 81.3 Å². The number of nitrogens with one attached hydrogen (secondary N) is 1. The molecule has 0 saturated carbocycles. The zero-order valence-corrected chi connectivity index (χ0v) is 15.1. The first-order valence-corrected chi connectivity index (χ1v) is 9.86. The zero-order chi connectivity index (χ0) is 17.5. The highest BCUT2D eigenvalue weighted by Gasteiger charge is 2.21. The zero-order valence-electron chi connectivity index (χ0n) is 12.7. The second-order valence-electron chi connectivity index (χ2n) is 5.01. The number of nitrogens with zero attached hydrogens (tertiary/aromatic N) is 1. The van der Waals surface area contributed by atoms with Crippen LogP contribution in [0.25, 0.3) is 11.1 Å². The van der Waals surface area contributed by atoms with Crippen LogP contribution in [0.2, 0.25) is 5.02 Å². The molecule has 9 heteroatoms. The molecule has 0 spiro atoms. The van der Waals surface area contributed by atoms with Crippen LogP contribution in [0.1, 0.15) is 0 Å². The van der Waals surface area contributed by atoms with E-state index in [9.17, 15) is 13.2 Å². The van der Waals surface area contributed by atoms with Crippen LogP contribution < -0.4 is 10.5 Å². The summed E-state index contributed by atoms with van der Waals surface area (Å²) in [5, 5.41) is 0.00687. The average molecular weight is 385 g/mol. The van der Waals surface area contributed by atoms with E-state index in [1.54, 1.807) is 18.2 Å². The molecular formula is C15H13ClN2O4S2. The van der Waals surface area contributed by atoms with Gasteiger partial charge in [-0.2, -0.15) is 0 Å². The van der Waals surface area contributed by atoms with Gasteiger partial charge in [-0.1, -0.05) is 17.7 Å². The second-order valence-corrected chi connectivity index (χ2v) is 7.95. The van der Waals surface area contributed by atoms with Gasteiger partial charge in [0, 0.05) is 23.7 Å². The molecule has 1 N–H and O–H groups in total. The maximum Gasteiger partial charge on any atom is 0.419 e. The van der Waals surface area contributed by atoms with Gasteiger partial charge in [-0.15, -0.1) is 11.8 Å². The van der Waals surface area contributed by atoms with Gasteiger partial charge in [0.25, 0.3) is 10.0 Å². The Labute approximate surface area is 147 Å². The van der Waals surface area contributed by atoms with Crippen molar-refractivity contribution in [2.75, 3.05) is 11.0 Å². The van der Waals surface area contributed by atoms with E-state index >= 15 is 0 Å². The third-order valence-electron chi connectivity index (χ3n) is 3.46. The fourth-order valence-electron chi connectivity index (χ4n) is 2.23. The summed E-state index contributed by atoms with van der Waals surface area (Å²) in [6.07, 6.45) is 1.90. The Balaban J connectivity index is 2.07. The van der Waals surface area contributed by atoms with E-state index in [1.807, 2.05) is 12.3 Å². The van der Waals surface area contributed by atoms with Gasteiger partial charge in [0.15, 0.2) is 5.58 Å². The highest BCUT2D eigenvalue weighted by Crippen LogP contribution is 2.29. The van der Waals surface area contributed by atoms with E-state index in [0.29, 0.717) is 11.2 Å².